The molecule has 13 heavy (non-hydrogen) atoms. The molecule has 0 heterocycles. The van der Waals surface area contributed by atoms with Gasteiger partial charge < -0.3 is 5.73 Å². The minimum atomic E-state index is 0.725. The Hall–Kier alpha value is -1.15. The van der Waals surface area contributed by atoms with Crippen molar-refractivity contribution >= 4 is 6.29 Å². The second kappa shape index (κ2) is 5.49. The second-order valence-electron chi connectivity index (χ2n) is 3.06. The van der Waals surface area contributed by atoms with E-state index in [-0.39, 0.29) is 0 Å². The maximum absolute atomic E-state index is 10.6. The molecule has 0 fully saturated rings. The summed E-state index contributed by atoms with van der Waals surface area (Å²) in [5.41, 5.74) is 7.33. The number of unbranched alkanes of at least 4 members (excludes halogenated alkanes) is 1. The highest BCUT2D eigenvalue weighted by molar-refractivity contribution is 5.77. The van der Waals surface area contributed by atoms with Crippen molar-refractivity contribution in [1.29, 1.82) is 0 Å². The first kappa shape index (κ1) is 9.93. The van der Waals surface area contributed by atoms with Gasteiger partial charge in [-0.3, -0.25) is 4.79 Å². The Labute approximate surface area is 78.8 Å². The van der Waals surface area contributed by atoms with Crippen LogP contribution in [-0.2, 0) is 6.42 Å². The number of aldehydes is 1. The molecule has 0 unspecified atom stereocenters. The third kappa shape index (κ3) is 2.99. The largest absolute Gasteiger partial charge is 0.330 e. The number of nitrogens with two attached hydrogens (primary N) is 1. The standard InChI is InChI=1S/C11H15NO/c12-8-4-3-6-10-5-1-2-7-11(10)9-13/h1-2,5,7,9H,3-4,6,8,12H2. The van der Waals surface area contributed by atoms with Crippen molar-refractivity contribution in [2.24, 2.45) is 5.73 Å². The first-order chi connectivity index (χ1) is 6.38. The molecular formula is C11H15NO. The number of carbonyl (C=O) groups is 1. The molecule has 2 heteroatoms. The smallest absolute Gasteiger partial charge is 0.150 e. The molecule has 0 aliphatic heterocycles. The molecule has 2 nitrogen and oxygen atoms in total. The van der Waals surface area contributed by atoms with Gasteiger partial charge in [0.05, 0.1) is 0 Å². The van der Waals surface area contributed by atoms with Crippen LogP contribution in [0.5, 0.6) is 0 Å². The molecule has 1 rings (SSSR count). The Morgan fingerprint density at radius 1 is 1.23 bits per heavy atom. The Morgan fingerprint density at radius 2 is 2.00 bits per heavy atom. The summed E-state index contributed by atoms with van der Waals surface area (Å²) < 4.78 is 0. The predicted octanol–water partition coefficient (Wildman–Crippen LogP) is 1.78. The number of rotatable bonds is 5. The van der Waals surface area contributed by atoms with Gasteiger partial charge in [0.2, 0.25) is 0 Å². The van der Waals surface area contributed by atoms with E-state index in [4.69, 9.17) is 5.73 Å². The maximum atomic E-state index is 10.6. The van der Waals surface area contributed by atoms with E-state index >= 15 is 0 Å². The van der Waals surface area contributed by atoms with Crippen LogP contribution in [0.1, 0.15) is 28.8 Å². The van der Waals surface area contributed by atoms with E-state index in [2.05, 4.69) is 0 Å². The van der Waals surface area contributed by atoms with E-state index in [0.29, 0.717) is 0 Å². The number of hydrogen-bond acceptors (Lipinski definition) is 2. The van der Waals surface area contributed by atoms with Gasteiger partial charge in [0.15, 0.2) is 0 Å². The van der Waals surface area contributed by atoms with E-state index in [1.54, 1.807) is 0 Å². The molecule has 1 aromatic carbocycles. The first-order valence-electron chi connectivity index (χ1n) is 4.61. The quantitative estimate of drug-likeness (QED) is 0.550. The average molecular weight is 177 g/mol. The lowest BCUT2D eigenvalue weighted by Crippen LogP contribution is -2.00. The molecule has 0 bridgehead atoms. The van der Waals surface area contributed by atoms with Crippen molar-refractivity contribution in [3.63, 3.8) is 0 Å². The second-order valence-corrected chi connectivity index (χ2v) is 3.06. The average Bonchev–Trinajstić information content (AvgIpc) is 2.19. The Balaban J connectivity index is 2.59. The molecule has 2 N–H and O–H groups in total. The molecule has 0 saturated carbocycles. The summed E-state index contributed by atoms with van der Waals surface area (Å²) in [5, 5.41) is 0. The lowest BCUT2D eigenvalue weighted by molar-refractivity contribution is 0.112. The minimum absolute atomic E-state index is 0.725. The molecule has 0 aliphatic carbocycles. The molecular weight excluding hydrogens is 162 g/mol. The van der Waals surface area contributed by atoms with Crippen LogP contribution in [0.15, 0.2) is 24.3 Å². The number of carbonyl (C=O) groups excluding carboxylic acids is 1. The molecule has 0 aromatic heterocycles. The van der Waals surface area contributed by atoms with E-state index in [1.165, 1.54) is 0 Å². The minimum Gasteiger partial charge on any atom is -0.330 e. The lowest BCUT2D eigenvalue weighted by Gasteiger charge is -2.02. The molecule has 70 valence electrons. The van der Waals surface area contributed by atoms with Gasteiger partial charge in [-0.1, -0.05) is 24.3 Å². The number of aryl methyl sites for hydroxylation is 1. The van der Waals surface area contributed by atoms with Crippen LogP contribution in [0.25, 0.3) is 0 Å². The van der Waals surface area contributed by atoms with E-state index in [0.717, 1.165) is 43.2 Å². The summed E-state index contributed by atoms with van der Waals surface area (Å²) in [5.74, 6) is 0. The van der Waals surface area contributed by atoms with Crippen LogP contribution >= 0.6 is 0 Å². The Kier molecular flexibility index (Phi) is 4.19. The fourth-order valence-corrected chi connectivity index (χ4v) is 1.34. The van der Waals surface area contributed by atoms with Crippen LogP contribution in [-0.4, -0.2) is 12.8 Å². The zero-order chi connectivity index (χ0) is 9.52. The van der Waals surface area contributed by atoms with Crippen LogP contribution < -0.4 is 5.73 Å². The molecule has 1 aromatic rings. The summed E-state index contributed by atoms with van der Waals surface area (Å²) in [6.07, 6.45) is 3.94. The van der Waals surface area contributed by atoms with E-state index in [9.17, 15) is 4.79 Å². The molecule has 0 aliphatic rings. The van der Waals surface area contributed by atoms with Crippen molar-refractivity contribution in [1.82, 2.24) is 0 Å². The summed E-state index contributed by atoms with van der Waals surface area (Å²) in [7, 11) is 0. The topological polar surface area (TPSA) is 43.1 Å². The van der Waals surface area contributed by atoms with Gasteiger partial charge in [0.1, 0.15) is 6.29 Å². The fraction of sp³-hybridized carbons (Fsp3) is 0.364. The normalized spacial score (nSPS) is 9.92. The molecule has 0 radical (unpaired) electrons. The monoisotopic (exact) mass is 177 g/mol. The van der Waals surface area contributed by atoms with Gasteiger partial charge >= 0.3 is 0 Å². The third-order valence-corrected chi connectivity index (χ3v) is 2.08. The van der Waals surface area contributed by atoms with Crippen molar-refractivity contribution in [3.8, 4) is 0 Å². The highest BCUT2D eigenvalue weighted by Crippen LogP contribution is 2.09. The third-order valence-electron chi connectivity index (χ3n) is 2.08. The Bertz CT molecular complexity index is 271. The predicted molar refractivity (Wildman–Crippen MR) is 53.8 cm³/mol. The zero-order valence-electron chi connectivity index (χ0n) is 7.70. The highest BCUT2D eigenvalue weighted by Gasteiger charge is 1.98. The summed E-state index contributed by atoms with van der Waals surface area (Å²) in [6.45, 7) is 0.725. The molecule has 0 saturated heterocycles. The van der Waals surface area contributed by atoms with Gasteiger partial charge in [0, 0.05) is 5.56 Å². The first-order valence-corrected chi connectivity index (χ1v) is 4.61. The summed E-state index contributed by atoms with van der Waals surface area (Å²) in [4.78, 5) is 10.6. The van der Waals surface area contributed by atoms with Gasteiger partial charge in [-0.25, -0.2) is 0 Å². The summed E-state index contributed by atoms with van der Waals surface area (Å²) >= 11 is 0. The van der Waals surface area contributed by atoms with Crippen molar-refractivity contribution < 1.29 is 4.79 Å². The van der Waals surface area contributed by atoms with Crippen molar-refractivity contribution in [2.75, 3.05) is 6.54 Å². The SMILES string of the molecule is NCCCCc1ccccc1C=O. The fourth-order valence-electron chi connectivity index (χ4n) is 1.34. The van der Waals surface area contributed by atoms with Crippen LogP contribution in [0.4, 0.5) is 0 Å². The molecule has 0 atom stereocenters. The van der Waals surface area contributed by atoms with E-state index < -0.39 is 0 Å². The maximum Gasteiger partial charge on any atom is 0.150 e. The van der Waals surface area contributed by atoms with Crippen molar-refractivity contribution in [2.45, 2.75) is 19.3 Å². The lowest BCUT2D eigenvalue weighted by atomic mass is 10.0. The molecule has 0 spiro atoms. The Morgan fingerprint density at radius 3 is 2.69 bits per heavy atom. The van der Waals surface area contributed by atoms with Crippen LogP contribution in [0, 0.1) is 0 Å². The summed E-state index contributed by atoms with van der Waals surface area (Å²) in [6, 6.07) is 7.70. The van der Waals surface area contributed by atoms with E-state index in [1.807, 2.05) is 24.3 Å². The van der Waals surface area contributed by atoms with Gasteiger partial charge in [-0.05, 0) is 31.4 Å². The van der Waals surface area contributed by atoms with Gasteiger partial charge in [0.25, 0.3) is 0 Å². The van der Waals surface area contributed by atoms with Crippen molar-refractivity contribution in [3.05, 3.63) is 35.4 Å². The van der Waals surface area contributed by atoms with Gasteiger partial charge in [-0.2, -0.15) is 0 Å². The number of benzene rings is 1. The van der Waals surface area contributed by atoms with Gasteiger partial charge in [-0.15, -0.1) is 0 Å². The molecule has 0 amide bonds. The van der Waals surface area contributed by atoms with Crippen LogP contribution in [0.2, 0.25) is 0 Å². The number of hydrogen-bond donors (Lipinski definition) is 1. The zero-order valence-corrected chi connectivity index (χ0v) is 7.70. The highest BCUT2D eigenvalue weighted by atomic mass is 16.1. The van der Waals surface area contributed by atoms with Crippen LogP contribution in [0.3, 0.4) is 0 Å².